The summed E-state index contributed by atoms with van der Waals surface area (Å²) in [5, 5.41) is 5.27. The van der Waals surface area contributed by atoms with Crippen LogP contribution >= 0.6 is 11.8 Å². The highest BCUT2D eigenvalue weighted by molar-refractivity contribution is 8.14. The third kappa shape index (κ3) is 10.1. The molecule has 5 aromatic rings. The highest BCUT2D eigenvalue weighted by Gasteiger charge is 2.47. The molecule has 48 heavy (non-hydrogen) atoms. The average Bonchev–Trinajstić information content (AvgIpc) is 3.15. The zero-order valence-electron chi connectivity index (χ0n) is 26.9. The summed E-state index contributed by atoms with van der Waals surface area (Å²) in [5.41, 5.74) is 5.36. The second kappa shape index (κ2) is 18.3. The number of thioether (sulfide) groups is 1. The Labute approximate surface area is 287 Å². The van der Waals surface area contributed by atoms with E-state index in [0.29, 0.717) is 44.7 Å². The van der Waals surface area contributed by atoms with Crippen molar-refractivity contribution < 1.29 is 23.8 Å². The second-order valence-corrected chi connectivity index (χ2v) is 12.8. The lowest BCUT2D eigenvalue weighted by atomic mass is 10.0. The number of hydrogen-bond donors (Lipinski definition) is 0. The van der Waals surface area contributed by atoms with Crippen molar-refractivity contribution in [2.45, 2.75) is 56.6 Å². The first-order valence-corrected chi connectivity index (χ1v) is 17.2. The van der Waals surface area contributed by atoms with E-state index in [-0.39, 0.29) is 11.4 Å². The van der Waals surface area contributed by atoms with Crippen LogP contribution in [0.5, 0.6) is 0 Å². The molecule has 0 bridgehead atoms. The Morgan fingerprint density at radius 2 is 0.833 bits per heavy atom. The molecule has 246 valence electrons. The third-order valence-electron chi connectivity index (χ3n) is 7.97. The van der Waals surface area contributed by atoms with E-state index in [2.05, 4.69) is 48.5 Å². The van der Waals surface area contributed by atoms with Gasteiger partial charge in [-0.3, -0.25) is 0 Å². The first kappa shape index (κ1) is 33.7. The number of ether oxygens (including phenoxy) is 4. The fourth-order valence-corrected chi connectivity index (χ4v) is 6.75. The fourth-order valence-electron chi connectivity index (χ4n) is 5.47. The summed E-state index contributed by atoms with van der Waals surface area (Å²) in [6, 6.07) is 50.8. The highest BCUT2D eigenvalue weighted by Crippen LogP contribution is 2.36. The topological polar surface area (TPSA) is 58.5 Å². The number of oxime groups is 1. The molecule has 0 aromatic heterocycles. The van der Waals surface area contributed by atoms with E-state index >= 15 is 0 Å². The number of hydrogen-bond acceptors (Lipinski definition) is 7. The van der Waals surface area contributed by atoms with Gasteiger partial charge in [-0.05, 0) is 27.8 Å². The Bertz CT molecular complexity index is 1640. The van der Waals surface area contributed by atoms with Crippen LogP contribution in [0, 0.1) is 0 Å². The Morgan fingerprint density at radius 3 is 1.31 bits per heavy atom. The first-order valence-electron chi connectivity index (χ1n) is 16.3. The molecule has 0 saturated carbocycles. The van der Waals surface area contributed by atoms with Gasteiger partial charge in [-0.25, -0.2) is 0 Å². The maximum atomic E-state index is 6.81. The van der Waals surface area contributed by atoms with E-state index < -0.39 is 12.2 Å². The van der Waals surface area contributed by atoms with Crippen molar-refractivity contribution in [2.75, 3.05) is 6.61 Å². The molecule has 0 radical (unpaired) electrons. The molecule has 0 unspecified atom stereocenters. The van der Waals surface area contributed by atoms with Crippen molar-refractivity contribution in [3.63, 3.8) is 0 Å². The van der Waals surface area contributed by atoms with E-state index in [9.17, 15) is 0 Å². The van der Waals surface area contributed by atoms with Gasteiger partial charge in [0.25, 0.3) is 0 Å². The molecule has 7 heteroatoms. The number of benzene rings is 5. The first-order chi connectivity index (χ1) is 23.8. The van der Waals surface area contributed by atoms with E-state index in [0.717, 1.165) is 27.8 Å². The maximum absolute atomic E-state index is 6.81. The predicted molar refractivity (Wildman–Crippen MR) is 191 cm³/mol. The van der Waals surface area contributed by atoms with Gasteiger partial charge in [0.2, 0.25) is 0 Å². The molecule has 0 spiro atoms. The van der Waals surface area contributed by atoms with Crippen LogP contribution in [-0.4, -0.2) is 35.2 Å². The summed E-state index contributed by atoms with van der Waals surface area (Å²) in [6.45, 7) is 2.46. The van der Waals surface area contributed by atoms with Crippen LogP contribution in [0.15, 0.2) is 157 Å². The molecule has 5 aromatic carbocycles. The summed E-state index contributed by atoms with van der Waals surface area (Å²) in [6.07, 6.45) is -1.41. The monoisotopic (exact) mass is 659 g/mol. The summed E-state index contributed by atoms with van der Waals surface area (Å²) in [4.78, 5) is 5.99. The van der Waals surface area contributed by atoms with Gasteiger partial charge in [-0.2, -0.15) is 0 Å². The van der Waals surface area contributed by atoms with Gasteiger partial charge >= 0.3 is 0 Å². The average molecular weight is 660 g/mol. The van der Waals surface area contributed by atoms with Crippen LogP contribution in [0.4, 0.5) is 0 Å². The number of nitrogens with zero attached hydrogens (tertiary/aromatic N) is 1. The zero-order valence-corrected chi connectivity index (χ0v) is 27.7. The molecule has 1 aliphatic rings. The molecule has 1 saturated heterocycles. The molecule has 1 heterocycles. The molecule has 0 amide bonds. The Hall–Kier alpha value is -4.24. The maximum Gasteiger partial charge on any atom is 0.145 e. The van der Waals surface area contributed by atoms with Crippen LogP contribution in [0.25, 0.3) is 0 Å². The Morgan fingerprint density at radius 1 is 0.438 bits per heavy atom. The van der Waals surface area contributed by atoms with Crippen molar-refractivity contribution in [3.8, 4) is 0 Å². The van der Waals surface area contributed by atoms with Gasteiger partial charge in [0.15, 0.2) is 0 Å². The lowest BCUT2D eigenvalue weighted by Crippen LogP contribution is -2.56. The smallest absolute Gasteiger partial charge is 0.145 e. The molecule has 0 aliphatic carbocycles. The second-order valence-electron chi connectivity index (χ2n) is 11.6. The SMILES string of the molecule is c1ccc(COC[C@@H]2S/C(=N\OCc3ccccc3)[C@H](OCc3ccccc3)[C@@H](OCc3ccccc3)[C@@H]2OCc2ccccc2)cc1. The standard InChI is InChI=1S/C41H41NO5S/c1-6-16-32(17-7-1)26-43-31-37-38(44-27-33-18-8-2-9-19-33)39(45-28-34-20-10-3-11-21-34)40(46-29-35-22-12-4-13-23-35)41(48-37)42-47-30-36-24-14-5-15-25-36/h1-25,37-40H,26-31H2/b42-41-/t37-,38+,39-,40+/m0/s1. The van der Waals surface area contributed by atoms with Crippen LogP contribution in [0.2, 0.25) is 0 Å². The van der Waals surface area contributed by atoms with Crippen molar-refractivity contribution in [3.05, 3.63) is 179 Å². The van der Waals surface area contributed by atoms with Gasteiger partial charge in [0, 0.05) is 0 Å². The molecule has 0 N–H and O–H groups in total. The van der Waals surface area contributed by atoms with Gasteiger partial charge in [-0.1, -0.05) is 169 Å². The molecule has 1 fully saturated rings. The summed E-state index contributed by atoms with van der Waals surface area (Å²) in [5.74, 6) is 0. The lowest BCUT2D eigenvalue weighted by Gasteiger charge is -2.42. The van der Waals surface area contributed by atoms with E-state index in [1.165, 1.54) is 0 Å². The molecule has 4 atom stereocenters. The zero-order chi connectivity index (χ0) is 32.6. The van der Waals surface area contributed by atoms with Crippen LogP contribution in [0.1, 0.15) is 27.8 Å². The Balaban J connectivity index is 1.30. The van der Waals surface area contributed by atoms with Crippen LogP contribution in [0.3, 0.4) is 0 Å². The van der Waals surface area contributed by atoms with Crippen molar-refractivity contribution >= 4 is 16.8 Å². The molecular weight excluding hydrogens is 619 g/mol. The molecule has 6 nitrogen and oxygen atoms in total. The van der Waals surface area contributed by atoms with Crippen LogP contribution < -0.4 is 0 Å². The molecular formula is C41H41NO5S. The molecule has 6 rings (SSSR count). The lowest BCUT2D eigenvalue weighted by molar-refractivity contribution is -0.139. The summed E-state index contributed by atoms with van der Waals surface area (Å²) in [7, 11) is 0. The van der Waals surface area contributed by atoms with Gasteiger partial charge in [-0.15, -0.1) is 0 Å². The minimum atomic E-state index is -0.541. The predicted octanol–water partition coefficient (Wildman–Crippen LogP) is 8.61. The van der Waals surface area contributed by atoms with E-state index in [4.69, 9.17) is 28.9 Å². The van der Waals surface area contributed by atoms with Gasteiger partial charge in [0.05, 0.1) is 38.3 Å². The minimum absolute atomic E-state index is 0.145. The van der Waals surface area contributed by atoms with E-state index in [1.54, 1.807) is 11.8 Å². The minimum Gasteiger partial charge on any atom is -0.390 e. The van der Waals surface area contributed by atoms with Crippen LogP contribution in [-0.2, 0) is 56.8 Å². The summed E-state index contributed by atoms with van der Waals surface area (Å²) < 4.78 is 26.7. The highest BCUT2D eigenvalue weighted by atomic mass is 32.2. The van der Waals surface area contributed by atoms with Crippen molar-refractivity contribution in [2.24, 2.45) is 5.16 Å². The quantitative estimate of drug-likeness (QED) is 0.0990. The third-order valence-corrected chi connectivity index (χ3v) is 9.22. The molecule has 1 aliphatic heterocycles. The van der Waals surface area contributed by atoms with E-state index in [1.807, 2.05) is 103 Å². The fraction of sp³-hybridized carbons (Fsp3) is 0.244. The van der Waals surface area contributed by atoms with Gasteiger partial charge in [0.1, 0.15) is 30.0 Å². The number of rotatable bonds is 16. The summed E-state index contributed by atoms with van der Waals surface area (Å²) >= 11 is 1.58. The van der Waals surface area contributed by atoms with Crippen molar-refractivity contribution in [1.82, 2.24) is 0 Å². The normalized spacial score (nSPS) is 20.0. The Kier molecular flexibility index (Phi) is 12.9. The van der Waals surface area contributed by atoms with Crippen molar-refractivity contribution in [1.29, 1.82) is 0 Å². The largest absolute Gasteiger partial charge is 0.390 e. The van der Waals surface area contributed by atoms with Gasteiger partial charge < -0.3 is 23.8 Å².